The lowest BCUT2D eigenvalue weighted by atomic mass is 10.2. The second-order valence-electron chi connectivity index (χ2n) is 5.61. The topological polar surface area (TPSA) is 49.3 Å². The number of aliphatic hydroxyl groups excluding tert-OH is 1. The predicted octanol–water partition coefficient (Wildman–Crippen LogP) is 7.26. The van der Waals surface area contributed by atoms with Gasteiger partial charge in [0.15, 0.2) is 0 Å². The van der Waals surface area contributed by atoms with Crippen molar-refractivity contribution in [3.8, 4) is 0 Å². The Morgan fingerprint density at radius 2 is 1.38 bits per heavy atom. The van der Waals surface area contributed by atoms with Gasteiger partial charge < -0.3 is 5.11 Å². The maximum absolute atomic E-state index is 12.5. The summed E-state index contributed by atoms with van der Waals surface area (Å²) in [6, 6.07) is 6.51. The molecule has 0 fully saturated rings. The molecule has 11 heteroatoms. The Hall–Kier alpha value is -1.13. The summed E-state index contributed by atoms with van der Waals surface area (Å²) in [7, 11) is 0. The summed E-state index contributed by atoms with van der Waals surface area (Å²) in [5.74, 6) is 0. The highest BCUT2D eigenvalue weighted by atomic mass is 35.5. The van der Waals surface area contributed by atoms with E-state index >= 15 is 0 Å². The first-order valence-electron chi connectivity index (χ1n) is 8.64. The summed E-state index contributed by atoms with van der Waals surface area (Å²) in [4.78, 5) is 7.50. The van der Waals surface area contributed by atoms with Gasteiger partial charge >= 0.3 is 0 Å². The van der Waals surface area contributed by atoms with Crippen LogP contribution in [0.3, 0.4) is 0 Å². The molecule has 0 saturated heterocycles. The van der Waals surface area contributed by atoms with Gasteiger partial charge in [-0.15, -0.1) is 11.7 Å². The van der Waals surface area contributed by atoms with E-state index in [4.69, 9.17) is 28.3 Å². The van der Waals surface area contributed by atoms with Gasteiger partial charge in [-0.05, 0) is 49.2 Å². The number of alkyl halides is 1. The van der Waals surface area contributed by atoms with Gasteiger partial charge in [0.25, 0.3) is 11.4 Å². The lowest BCUT2D eigenvalue weighted by Crippen LogP contribution is -2.19. The SMILES string of the molecule is CC(F)c1ccnc(Cl)c1.CC(O)c1ccnc(Cl)c1.CCN(CC)S(F)(F)F. The zero-order valence-corrected chi connectivity index (χ0v) is 18.8. The Kier molecular flexibility index (Phi) is 13.4. The molecule has 166 valence electrons. The minimum atomic E-state index is -4.93. The van der Waals surface area contributed by atoms with E-state index in [-0.39, 0.29) is 13.1 Å². The lowest BCUT2D eigenvalue weighted by molar-refractivity contribution is 0.199. The number of pyridine rings is 2. The van der Waals surface area contributed by atoms with Crippen LogP contribution in [0.2, 0.25) is 10.3 Å². The molecule has 2 aromatic rings. The van der Waals surface area contributed by atoms with Crippen LogP contribution in [0.1, 0.15) is 51.1 Å². The van der Waals surface area contributed by atoms with Gasteiger partial charge in [-0.3, -0.25) is 0 Å². The van der Waals surface area contributed by atoms with Crippen LogP contribution in [-0.4, -0.2) is 32.5 Å². The number of halogens is 6. The van der Waals surface area contributed by atoms with E-state index in [1.807, 2.05) is 0 Å². The third kappa shape index (κ3) is 12.2. The molecular weight excluding hydrogens is 453 g/mol. The molecule has 2 unspecified atom stereocenters. The molecule has 4 nitrogen and oxygen atoms in total. The quantitative estimate of drug-likeness (QED) is 0.363. The summed E-state index contributed by atoms with van der Waals surface area (Å²) in [5, 5.41) is 9.81. The number of hydrogen-bond acceptors (Lipinski definition) is 4. The fraction of sp³-hybridized carbons (Fsp3) is 0.444. The molecule has 2 rings (SSSR count). The van der Waals surface area contributed by atoms with Gasteiger partial charge in [0.2, 0.25) is 0 Å². The first-order valence-corrected chi connectivity index (χ1v) is 10.7. The molecule has 0 aliphatic heterocycles. The molecule has 0 aliphatic rings. The predicted molar refractivity (Wildman–Crippen MR) is 112 cm³/mol. The van der Waals surface area contributed by atoms with E-state index in [1.54, 1.807) is 31.3 Å². The van der Waals surface area contributed by atoms with Crippen LogP contribution >= 0.6 is 34.6 Å². The van der Waals surface area contributed by atoms with Crippen LogP contribution in [0.25, 0.3) is 0 Å². The minimum Gasteiger partial charge on any atom is -0.389 e. The van der Waals surface area contributed by atoms with Crippen molar-refractivity contribution in [2.45, 2.75) is 40.0 Å². The summed E-state index contributed by atoms with van der Waals surface area (Å²) in [6.45, 7) is 6.29. The molecule has 0 radical (unpaired) electrons. The zero-order chi connectivity index (χ0) is 22.6. The number of rotatable bonds is 5. The van der Waals surface area contributed by atoms with Crippen LogP contribution in [0.5, 0.6) is 0 Å². The number of hydrogen-bond donors (Lipinski definition) is 1. The number of aliphatic hydroxyl groups is 1. The van der Waals surface area contributed by atoms with Crippen LogP contribution < -0.4 is 0 Å². The molecule has 2 aromatic heterocycles. The van der Waals surface area contributed by atoms with Crippen LogP contribution in [0, 0.1) is 0 Å². The molecule has 29 heavy (non-hydrogen) atoms. The molecule has 1 N–H and O–H groups in total. The van der Waals surface area contributed by atoms with Crippen molar-refractivity contribution < 1.29 is 21.2 Å². The molecular formula is C18H25Cl2F4N3OS. The Morgan fingerprint density at radius 1 is 0.966 bits per heavy atom. The number of aromatic nitrogens is 2. The van der Waals surface area contributed by atoms with Crippen molar-refractivity contribution in [2.24, 2.45) is 0 Å². The normalized spacial score (nSPS) is 13.5. The molecule has 0 aromatic carbocycles. The summed E-state index contributed by atoms with van der Waals surface area (Å²) >= 11 is 6.15. The van der Waals surface area contributed by atoms with Crippen molar-refractivity contribution in [1.29, 1.82) is 0 Å². The largest absolute Gasteiger partial charge is 0.389 e. The molecule has 0 saturated carbocycles. The van der Waals surface area contributed by atoms with Gasteiger partial charge in [0.1, 0.15) is 16.5 Å². The van der Waals surface area contributed by atoms with E-state index in [1.165, 1.54) is 33.0 Å². The van der Waals surface area contributed by atoms with E-state index in [9.17, 15) is 16.0 Å². The fourth-order valence-electron chi connectivity index (χ4n) is 1.86. The number of nitrogens with zero attached hydrogens (tertiary/aromatic N) is 3. The van der Waals surface area contributed by atoms with Gasteiger partial charge in [0.05, 0.1) is 6.10 Å². The lowest BCUT2D eigenvalue weighted by Gasteiger charge is -2.23. The summed E-state index contributed by atoms with van der Waals surface area (Å²) in [6.07, 6.45) is 1.62. The van der Waals surface area contributed by atoms with Gasteiger partial charge in [-0.1, -0.05) is 37.0 Å². The Labute approximate surface area is 181 Å². The van der Waals surface area contributed by atoms with E-state index in [0.717, 1.165) is 5.56 Å². The summed E-state index contributed by atoms with van der Waals surface area (Å²) in [5.41, 5.74) is 1.36. The smallest absolute Gasteiger partial charge is 0.278 e. The molecule has 2 atom stereocenters. The maximum atomic E-state index is 12.5. The fourth-order valence-corrected chi connectivity index (χ4v) is 2.81. The first kappa shape index (κ1) is 27.9. The third-order valence-corrected chi connectivity index (χ3v) is 4.96. The Balaban J connectivity index is 0.000000407. The van der Waals surface area contributed by atoms with Gasteiger partial charge in [0, 0.05) is 25.5 Å². The first-order chi connectivity index (χ1) is 13.4. The van der Waals surface area contributed by atoms with E-state index in [0.29, 0.717) is 20.2 Å². The van der Waals surface area contributed by atoms with Crippen molar-refractivity contribution in [1.82, 2.24) is 14.3 Å². The minimum absolute atomic E-state index is 0.0648. The van der Waals surface area contributed by atoms with Crippen LogP contribution in [-0.2, 0) is 0 Å². The highest BCUT2D eigenvalue weighted by Crippen LogP contribution is 2.55. The highest BCUT2D eigenvalue weighted by Gasteiger charge is 2.27. The molecule has 2 heterocycles. The third-order valence-electron chi connectivity index (χ3n) is 3.44. The molecule has 0 amide bonds. The van der Waals surface area contributed by atoms with Crippen LogP contribution in [0.15, 0.2) is 36.7 Å². The molecule has 0 aliphatic carbocycles. The molecule has 0 bridgehead atoms. The van der Waals surface area contributed by atoms with Crippen molar-refractivity contribution in [3.63, 3.8) is 0 Å². The standard InChI is InChI=1S/C7H7ClFN.C7H8ClNO.C4H10F3NS/c1-5(9)6-2-3-10-7(8)4-6;1-5(10)6-2-3-9-7(8)4-6;1-3-8(4-2)9(5,6)7/h2-5H,1H3;2-5,10H,1H3;3-4H2,1-2H3. The highest BCUT2D eigenvalue weighted by molar-refractivity contribution is 8.18. The van der Waals surface area contributed by atoms with E-state index < -0.39 is 23.6 Å². The monoisotopic (exact) mass is 477 g/mol. The van der Waals surface area contributed by atoms with Gasteiger partial charge in [-0.2, -0.15) is 4.31 Å². The van der Waals surface area contributed by atoms with Crippen molar-refractivity contribution >= 4 is 34.6 Å². The second kappa shape index (κ2) is 14.0. The second-order valence-corrected chi connectivity index (χ2v) is 7.67. The zero-order valence-electron chi connectivity index (χ0n) is 16.5. The Bertz CT molecular complexity index is 668. The average molecular weight is 478 g/mol. The average Bonchev–Trinajstić information content (AvgIpc) is 2.62. The van der Waals surface area contributed by atoms with E-state index in [2.05, 4.69) is 9.97 Å². The summed E-state index contributed by atoms with van der Waals surface area (Å²) < 4.78 is 48.2. The van der Waals surface area contributed by atoms with Crippen molar-refractivity contribution in [2.75, 3.05) is 13.1 Å². The van der Waals surface area contributed by atoms with Crippen LogP contribution in [0.4, 0.5) is 16.0 Å². The Morgan fingerprint density at radius 3 is 1.59 bits per heavy atom. The maximum Gasteiger partial charge on any atom is 0.278 e. The molecule has 0 spiro atoms. The van der Waals surface area contributed by atoms with Gasteiger partial charge in [-0.25, -0.2) is 14.4 Å². The van der Waals surface area contributed by atoms with Crippen molar-refractivity contribution in [3.05, 3.63) is 58.1 Å².